The average molecular weight is 497 g/mol. The standard InChI is InChI=1S/C30H25FN2O4/c1-32-30(35)27-25-16-20(11-14-26(25)37-28(27)18-9-12-22(31)13-10-18)19-5-3-6-21(15-19)29(34)33-23-7-4-8-24(17-23)36-2/h3-17,27-28H,1-2H3,(H,32,35)(H,33,34). The maximum absolute atomic E-state index is 13.5. The van der Waals surface area contributed by atoms with E-state index in [2.05, 4.69) is 10.6 Å². The van der Waals surface area contributed by atoms with Crippen LogP contribution in [0.1, 0.15) is 33.5 Å². The number of carbonyl (C=O) groups excluding carboxylic acids is 2. The molecule has 2 N–H and O–H groups in total. The second-order valence-electron chi connectivity index (χ2n) is 8.70. The van der Waals surface area contributed by atoms with Gasteiger partial charge in [-0.25, -0.2) is 4.39 Å². The van der Waals surface area contributed by atoms with Crippen molar-refractivity contribution in [2.75, 3.05) is 19.5 Å². The number of fused-ring (bicyclic) bond motifs is 1. The summed E-state index contributed by atoms with van der Waals surface area (Å²) in [6, 6.07) is 26.0. The highest BCUT2D eigenvalue weighted by Gasteiger charge is 2.40. The zero-order valence-electron chi connectivity index (χ0n) is 20.3. The number of benzene rings is 4. The maximum atomic E-state index is 13.5. The van der Waals surface area contributed by atoms with Crippen molar-refractivity contribution in [3.8, 4) is 22.6 Å². The minimum atomic E-state index is -0.607. The van der Waals surface area contributed by atoms with Gasteiger partial charge in [-0.05, 0) is 65.2 Å². The lowest BCUT2D eigenvalue weighted by atomic mass is 9.88. The minimum absolute atomic E-state index is 0.198. The normalized spacial score (nSPS) is 15.9. The van der Waals surface area contributed by atoms with E-state index >= 15 is 0 Å². The minimum Gasteiger partial charge on any atom is -0.497 e. The van der Waals surface area contributed by atoms with Crippen LogP contribution in [0.15, 0.2) is 91.0 Å². The van der Waals surface area contributed by atoms with Gasteiger partial charge in [0.25, 0.3) is 5.91 Å². The van der Waals surface area contributed by atoms with Gasteiger partial charge in [0.2, 0.25) is 5.91 Å². The van der Waals surface area contributed by atoms with Gasteiger partial charge in [0, 0.05) is 29.9 Å². The first kappa shape index (κ1) is 24.1. The van der Waals surface area contributed by atoms with E-state index in [0.717, 1.165) is 16.7 Å². The second kappa shape index (κ2) is 10.1. The zero-order chi connectivity index (χ0) is 25.9. The predicted octanol–water partition coefficient (Wildman–Crippen LogP) is 5.72. The molecule has 4 aromatic rings. The third-order valence-electron chi connectivity index (χ3n) is 6.41. The lowest BCUT2D eigenvalue weighted by Crippen LogP contribution is -2.28. The Hall–Kier alpha value is -4.65. The maximum Gasteiger partial charge on any atom is 0.255 e. The van der Waals surface area contributed by atoms with Crippen LogP contribution < -0.4 is 20.1 Å². The number of rotatable bonds is 6. The quantitative estimate of drug-likeness (QED) is 0.358. The molecule has 1 heterocycles. The van der Waals surface area contributed by atoms with Crippen LogP contribution in [0.4, 0.5) is 10.1 Å². The van der Waals surface area contributed by atoms with E-state index in [1.54, 1.807) is 62.7 Å². The average Bonchev–Trinajstić information content (AvgIpc) is 3.32. The Morgan fingerprint density at radius 3 is 2.41 bits per heavy atom. The Labute approximate surface area is 214 Å². The van der Waals surface area contributed by atoms with Crippen molar-refractivity contribution in [2.24, 2.45) is 0 Å². The highest BCUT2D eigenvalue weighted by Crippen LogP contribution is 2.47. The Bertz CT molecular complexity index is 1470. The van der Waals surface area contributed by atoms with Gasteiger partial charge < -0.3 is 20.1 Å². The number of nitrogens with one attached hydrogen (secondary N) is 2. The van der Waals surface area contributed by atoms with Crippen LogP contribution in [-0.4, -0.2) is 26.0 Å². The third kappa shape index (κ3) is 4.89. The molecule has 0 radical (unpaired) electrons. The van der Waals surface area contributed by atoms with Gasteiger partial charge in [-0.3, -0.25) is 9.59 Å². The number of methoxy groups -OCH3 is 1. The summed E-state index contributed by atoms with van der Waals surface area (Å²) in [6.07, 6.45) is -0.578. The molecule has 2 atom stereocenters. The summed E-state index contributed by atoms with van der Waals surface area (Å²) in [5.41, 5.74) is 4.23. The van der Waals surface area contributed by atoms with Crippen molar-refractivity contribution in [3.63, 3.8) is 0 Å². The van der Waals surface area contributed by atoms with Gasteiger partial charge in [0.1, 0.15) is 29.3 Å². The van der Waals surface area contributed by atoms with E-state index < -0.39 is 12.0 Å². The topological polar surface area (TPSA) is 76.7 Å². The number of carbonyl (C=O) groups is 2. The Kier molecular flexibility index (Phi) is 6.60. The molecule has 4 aromatic carbocycles. The van der Waals surface area contributed by atoms with Crippen LogP contribution in [0.2, 0.25) is 0 Å². The highest BCUT2D eigenvalue weighted by molar-refractivity contribution is 6.05. The SMILES string of the molecule is CNC(=O)C1c2cc(-c3cccc(C(=O)Nc4cccc(OC)c4)c3)ccc2OC1c1ccc(F)cc1. The smallest absolute Gasteiger partial charge is 0.255 e. The summed E-state index contributed by atoms with van der Waals surface area (Å²) in [7, 11) is 3.15. The molecule has 0 aliphatic carbocycles. The monoisotopic (exact) mass is 496 g/mol. The van der Waals surface area contributed by atoms with Crippen LogP contribution in [-0.2, 0) is 4.79 Å². The Morgan fingerprint density at radius 2 is 1.65 bits per heavy atom. The first-order valence-electron chi connectivity index (χ1n) is 11.8. The fourth-order valence-corrected chi connectivity index (χ4v) is 4.54. The molecule has 5 rings (SSSR count). The van der Waals surface area contributed by atoms with Crippen molar-refractivity contribution in [1.29, 1.82) is 0 Å². The number of ether oxygens (including phenoxy) is 2. The van der Waals surface area contributed by atoms with Crippen LogP contribution in [0.3, 0.4) is 0 Å². The van der Waals surface area contributed by atoms with Crippen LogP contribution in [0, 0.1) is 5.82 Å². The number of halogens is 1. The molecule has 0 aromatic heterocycles. The third-order valence-corrected chi connectivity index (χ3v) is 6.41. The largest absolute Gasteiger partial charge is 0.497 e. The lowest BCUT2D eigenvalue weighted by Gasteiger charge is -2.18. The van der Waals surface area contributed by atoms with E-state index in [-0.39, 0.29) is 17.6 Å². The second-order valence-corrected chi connectivity index (χ2v) is 8.70. The van der Waals surface area contributed by atoms with Gasteiger partial charge >= 0.3 is 0 Å². The van der Waals surface area contributed by atoms with Crippen molar-refractivity contribution < 1.29 is 23.5 Å². The molecule has 0 fully saturated rings. The summed E-state index contributed by atoms with van der Waals surface area (Å²) in [4.78, 5) is 25.8. The summed E-state index contributed by atoms with van der Waals surface area (Å²) in [5, 5.41) is 5.61. The highest BCUT2D eigenvalue weighted by atomic mass is 19.1. The number of hydrogen-bond donors (Lipinski definition) is 2. The van der Waals surface area contributed by atoms with E-state index in [4.69, 9.17) is 9.47 Å². The summed E-state index contributed by atoms with van der Waals surface area (Å²) in [6.45, 7) is 0. The fraction of sp³-hybridized carbons (Fsp3) is 0.133. The zero-order valence-corrected chi connectivity index (χ0v) is 20.3. The molecule has 7 heteroatoms. The van der Waals surface area contributed by atoms with Crippen molar-refractivity contribution >= 4 is 17.5 Å². The summed E-state index contributed by atoms with van der Waals surface area (Å²) < 4.78 is 24.9. The molecule has 186 valence electrons. The van der Waals surface area contributed by atoms with Gasteiger partial charge in [-0.1, -0.05) is 36.4 Å². The molecule has 1 aliphatic rings. The number of anilines is 1. The van der Waals surface area contributed by atoms with E-state index in [1.165, 1.54) is 12.1 Å². The molecule has 0 spiro atoms. The van der Waals surface area contributed by atoms with Crippen LogP contribution in [0.25, 0.3) is 11.1 Å². The molecule has 2 amide bonds. The first-order valence-corrected chi connectivity index (χ1v) is 11.8. The first-order chi connectivity index (χ1) is 18.0. The van der Waals surface area contributed by atoms with E-state index in [9.17, 15) is 14.0 Å². The molecule has 0 saturated carbocycles. The molecule has 6 nitrogen and oxygen atoms in total. The molecule has 0 saturated heterocycles. The van der Waals surface area contributed by atoms with Crippen LogP contribution in [0.5, 0.6) is 11.5 Å². The Morgan fingerprint density at radius 1 is 0.892 bits per heavy atom. The van der Waals surface area contributed by atoms with Gasteiger partial charge in [-0.2, -0.15) is 0 Å². The molecule has 37 heavy (non-hydrogen) atoms. The lowest BCUT2D eigenvalue weighted by molar-refractivity contribution is -0.123. The predicted molar refractivity (Wildman–Crippen MR) is 139 cm³/mol. The van der Waals surface area contributed by atoms with Crippen molar-refractivity contribution in [1.82, 2.24) is 5.32 Å². The van der Waals surface area contributed by atoms with Gasteiger partial charge in [-0.15, -0.1) is 0 Å². The number of likely N-dealkylation sites (N-methyl/N-ethyl adjacent to an activating group) is 1. The molecule has 2 unspecified atom stereocenters. The van der Waals surface area contributed by atoms with Crippen molar-refractivity contribution in [2.45, 2.75) is 12.0 Å². The summed E-state index contributed by atoms with van der Waals surface area (Å²) in [5.74, 6) is -0.163. The fourth-order valence-electron chi connectivity index (χ4n) is 4.54. The van der Waals surface area contributed by atoms with Gasteiger partial charge in [0.15, 0.2) is 0 Å². The van der Waals surface area contributed by atoms with Gasteiger partial charge in [0.05, 0.1) is 7.11 Å². The molecular weight excluding hydrogens is 471 g/mol. The molecule has 1 aliphatic heterocycles. The van der Waals surface area contributed by atoms with Crippen LogP contribution >= 0.6 is 0 Å². The molecular formula is C30H25FN2O4. The molecule has 0 bridgehead atoms. The van der Waals surface area contributed by atoms with E-state index in [1.807, 2.05) is 30.3 Å². The number of amides is 2. The summed E-state index contributed by atoms with van der Waals surface area (Å²) >= 11 is 0. The Balaban J connectivity index is 1.44. The van der Waals surface area contributed by atoms with Crippen molar-refractivity contribution in [3.05, 3.63) is 114 Å². The number of hydrogen-bond acceptors (Lipinski definition) is 4. The van der Waals surface area contributed by atoms with E-state index in [0.29, 0.717) is 28.3 Å².